The Kier molecular flexibility index (Phi) is 7.49. The lowest BCUT2D eigenvalue weighted by atomic mass is 10.1. The molecule has 3 aromatic rings. The van der Waals surface area contributed by atoms with Crippen molar-refractivity contribution in [1.82, 2.24) is 4.98 Å². The Morgan fingerprint density at radius 2 is 1.85 bits per heavy atom. The number of ether oxygens (including phenoxy) is 2. The number of aromatic nitrogens is 1. The van der Waals surface area contributed by atoms with Gasteiger partial charge >= 0.3 is 5.97 Å². The van der Waals surface area contributed by atoms with Crippen LogP contribution in [0.5, 0.6) is 5.75 Å². The van der Waals surface area contributed by atoms with E-state index in [0.717, 1.165) is 22.7 Å². The maximum Gasteiger partial charge on any atom is 0.340 e. The van der Waals surface area contributed by atoms with Gasteiger partial charge in [0.1, 0.15) is 5.75 Å². The van der Waals surface area contributed by atoms with E-state index in [4.69, 9.17) is 9.47 Å². The van der Waals surface area contributed by atoms with Crippen molar-refractivity contribution in [1.29, 1.82) is 0 Å². The van der Waals surface area contributed by atoms with E-state index in [2.05, 4.69) is 4.98 Å². The van der Waals surface area contributed by atoms with Gasteiger partial charge in [-0.1, -0.05) is 24.3 Å². The van der Waals surface area contributed by atoms with Crippen LogP contribution in [0, 0.1) is 0 Å². The van der Waals surface area contributed by atoms with Gasteiger partial charge in [-0.15, -0.1) is 11.8 Å². The van der Waals surface area contributed by atoms with E-state index in [9.17, 15) is 9.59 Å². The summed E-state index contributed by atoms with van der Waals surface area (Å²) < 4.78 is 11.2. The number of amides is 1. The van der Waals surface area contributed by atoms with E-state index in [1.165, 1.54) is 22.9 Å². The van der Waals surface area contributed by atoms with Crippen LogP contribution in [0.3, 0.4) is 0 Å². The van der Waals surface area contributed by atoms with Crippen LogP contribution in [-0.2, 0) is 9.53 Å². The van der Waals surface area contributed by atoms with Crippen LogP contribution in [0.1, 0.15) is 21.2 Å². The maximum atomic E-state index is 14.0. The normalized spacial score (nSPS) is 17.8. The molecule has 1 aliphatic heterocycles. The zero-order valence-electron chi connectivity index (χ0n) is 19.4. The minimum atomic E-state index is -1.02. The van der Waals surface area contributed by atoms with Crippen LogP contribution in [0.2, 0.25) is 0 Å². The van der Waals surface area contributed by atoms with Crippen LogP contribution in [0.4, 0.5) is 5.69 Å². The number of pyridine rings is 1. The van der Waals surface area contributed by atoms with E-state index in [1.807, 2.05) is 62.6 Å². The summed E-state index contributed by atoms with van der Waals surface area (Å²) in [5.74, 6) is -0.0972. The number of likely N-dealkylation sites (N-methyl/N-ethyl adjacent to an activating group) is 1. The molecule has 0 bridgehead atoms. The van der Waals surface area contributed by atoms with Gasteiger partial charge in [-0.3, -0.25) is 9.78 Å². The monoisotopic (exact) mass is 478 g/mol. The summed E-state index contributed by atoms with van der Waals surface area (Å²) in [6.45, 7) is 1.26. The predicted octanol–water partition coefficient (Wildman–Crippen LogP) is 2.64. The first kappa shape index (κ1) is 23.8. The maximum absolute atomic E-state index is 14.0. The van der Waals surface area contributed by atoms with Crippen molar-refractivity contribution < 1.29 is 24.0 Å². The Morgan fingerprint density at radius 1 is 1.09 bits per heavy atom. The predicted molar refractivity (Wildman–Crippen MR) is 132 cm³/mol. The second-order valence-corrected chi connectivity index (χ2v) is 9.48. The third-order valence-corrected chi connectivity index (χ3v) is 6.98. The highest BCUT2D eigenvalue weighted by Crippen LogP contribution is 2.46. The van der Waals surface area contributed by atoms with Gasteiger partial charge in [0.05, 0.1) is 50.8 Å². The number of nitrogens with one attached hydrogen (secondary N) is 1. The van der Waals surface area contributed by atoms with E-state index in [1.54, 1.807) is 30.3 Å². The van der Waals surface area contributed by atoms with Gasteiger partial charge in [-0.25, -0.2) is 4.79 Å². The molecule has 2 atom stereocenters. The molecule has 0 unspecified atom stereocenters. The lowest BCUT2D eigenvalue weighted by Gasteiger charge is -2.28. The number of carbonyl (C=O) groups excluding carboxylic acids is 2. The molecule has 4 rings (SSSR count). The molecule has 34 heavy (non-hydrogen) atoms. The number of hydrogen-bond acceptors (Lipinski definition) is 6. The molecule has 0 aliphatic carbocycles. The fraction of sp³-hybridized carbons (Fsp3) is 0.269. The minimum Gasteiger partial charge on any atom is -0.497 e. The zero-order valence-corrected chi connectivity index (χ0v) is 20.2. The molecular formula is C26H28N3O4S+. The fourth-order valence-corrected chi connectivity index (χ4v) is 5.08. The van der Waals surface area contributed by atoms with Crippen molar-refractivity contribution >= 4 is 29.3 Å². The van der Waals surface area contributed by atoms with Crippen molar-refractivity contribution in [2.24, 2.45) is 0 Å². The first-order valence-corrected chi connectivity index (χ1v) is 12.0. The molecule has 1 aromatic heterocycles. The highest BCUT2D eigenvalue weighted by atomic mass is 32.2. The number of nitrogens with zero attached hydrogens (tertiary/aromatic N) is 2. The molecule has 0 saturated carbocycles. The number of methoxy groups -OCH3 is 1. The number of quaternary nitrogens is 1. The Labute approximate surface area is 203 Å². The third-order valence-electron chi connectivity index (χ3n) is 5.61. The molecule has 1 aliphatic rings. The molecule has 7 nitrogen and oxygen atoms in total. The molecule has 176 valence electrons. The largest absolute Gasteiger partial charge is 0.497 e. The average Bonchev–Trinajstić information content (AvgIpc) is 2.98. The van der Waals surface area contributed by atoms with Gasteiger partial charge < -0.3 is 19.3 Å². The van der Waals surface area contributed by atoms with E-state index in [0.29, 0.717) is 17.9 Å². The number of benzene rings is 2. The van der Waals surface area contributed by atoms with Crippen LogP contribution < -0.4 is 14.5 Å². The molecule has 2 aromatic carbocycles. The third kappa shape index (κ3) is 5.24. The minimum absolute atomic E-state index is 0.239. The quantitative estimate of drug-likeness (QED) is 0.527. The summed E-state index contributed by atoms with van der Waals surface area (Å²) in [6, 6.07) is 18.7. The molecule has 0 spiro atoms. The van der Waals surface area contributed by atoms with E-state index < -0.39 is 17.3 Å². The first-order chi connectivity index (χ1) is 16.5. The van der Waals surface area contributed by atoms with Crippen molar-refractivity contribution in [3.05, 3.63) is 84.2 Å². The van der Waals surface area contributed by atoms with Gasteiger partial charge in [0.2, 0.25) is 0 Å². The summed E-state index contributed by atoms with van der Waals surface area (Å²) in [5.41, 5.74) is 2.01. The van der Waals surface area contributed by atoms with Crippen molar-refractivity contribution in [3.63, 3.8) is 0 Å². The summed E-state index contributed by atoms with van der Waals surface area (Å²) in [6.07, 6.45) is 2.02. The van der Waals surface area contributed by atoms with Crippen LogP contribution in [0.25, 0.3) is 0 Å². The number of carbonyl (C=O) groups is 2. The highest BCUT2D eigenvalue weighted by molar-refractivity contribution is 7.99. The Morgan fingerprint density at radius 3 is 2.53 bits per heavy atom. The Hall–Kier alpha value is -3.36. The van der Waals surface area contributed by atoms with Gasteiger partial charge in [0.15, 0.2) is 6.10 Å². The number of fused-ring (bicyclic) bond motifs is 1. The molecule has 2 heterocycles. The van der Waals surface area contributed by atoms with Gasteiger partial charge in [-0.05, 0) is 42.0 Å². The summed E-state index contributed by atoms with van der Waals surface area (Å²) in [5, 5.41) is -0.433. The SMILES string of the molecule is COc1ccc([C@H]2Sc3ccccc3N(CC[NH+](C)C)C(=O)[C@H]2OC(=O)c2cccnc2)cc1. The topological polar surface area (TPSA) is 73.2 Å². The van der Waals surface area contributed by atoms with E-state index >= 15 is 0 Å². The van der Waals surface area contributed by atoms with Crippen LogP contribution in [-0.4, -0.2) is 57.3 Å². The Bertz CT molecular complexity index is 1140. The second-order valence-electron chi connectivity index (χ2n) is 8.29. The highest BCUT2D eigenvalue weighted by Gasteiger charge is 2.41. The van der Waals surface area contributed by atoms with Crippen molar-refractivity contribution in [2.45, 2.75) is 16.2 Å². The van der Waals surface area contributed by atoms with Gasteiger partial charge in [0, 0.05) is 17.3 Å². The molecule has 0 saturated heterocycles. The number of hydrogen-bond donors (Lipinski definition) is 1. The number of para-hydroxylation sites is 1. The van der Waals surface area contributed by atoms with Crippen molar-refractivity contribution in [2.75, 3.05) is 39.2 Å². The van der Waals surface area contributed by atoms with Gasteiger partial charge in [0.25, 0.3) is 5.91 Å². The molecule has 1 amide bonds. The summed E-state index contributed by atoms with van der Waals surface area (Å²) >= 11 is 1.53. The lowest BCUT2D eigenvalue weighted by molar-refractivity contribution is -0.856. The summed E-state index contributed by atoms with van der Waals surface area (Å²) in [4.78, 5) is 35.0. The summed E-state index contributed by atoms with van der Waals surface area (Å²) in [7, 11) is 5.70. The average molecular weight is 479 g/mol. The van der Waals surface area contributed by atoms with Crippen LogP contribution >= 0.6 is 11.8 Å². The first-order valence-electron chi connectivity index (χ1n) is 11.1. The fourth-order valence-electron chi connectivity index (χ4n) is 3.76. The number of anilines is 1. The zero-order chi connectivity index (χ0) is 24.1. The smallest absolute Gasteiger partial charge is 0.340 e. The molecule has 0 fully saturated rings. The molecule has 0 radical (unpaired) electrons. The van der Waals surface area contributed by atoms with Crippen LogP contribution in [0.15, 0.2) is 78.0 Å². The van der Waals surface area contributed by atoms with Gasteiger partial charge in [-0.2, -0.15) is 0 Å². The number of thioether (sulfide) groups is 1. The van der Waals surface area contributed by atoms with Crippen molar-refractivity contribution in [3.8, 4) is 5.75 Å². The van der Waals surface area contributed by atoms with E-state index in [-0.39, 0.29) is 5.91 Å². The standard InChI is InChI=1S/C26H27N3O4S/c1-28(2)15-16-29-21-8-4-5-9-22(21)34-24(18-10-12-20(32-3)13-11-18)23(25(29)30)33-26(31)19-7-6-14-27-17-19/h4-14,17,23-24H,15-16H2,1-3H3/p+1/t23-,24+/m0/s1. The molecular weight excluding hydrogens is 450 g/mol. The second kappa shape index (κ2) is 10.7. The lowest BCUT2D eigenvalue weighted by Crippen LogP contribution is -3.06. The number of rotatable bonds is 7. The molecule has 1 N–H and O–H groups in total. The number of esters is 1. The Balaban J connectivity index is 1.76. The molecule has 8 heteroatoms.